The Balaban J connectivity index is 2.43. The van der Waals surface area contributed by atoms with E-state index in [4.69, 9.17) is 4.74 Å². The minimum Gasteiger partial charge on any atom is -0.495 e. The molecule has 2 rings (SSSR count). The van der Waals surface area contributed by atoms with Gasteiger partial charge in [-0.15, -0.1) is 0 Å². The predicted octanol–water partition coefficient (Wildman–Crippen LogP) is 4.38. The van der Waals surface area contributed by atoms with Gasteiger partial charge in [-0.25, -0.2) is 8.42 Å². The molecule has 0 spiro atoms. The first-order chi connectivity index (χ1) is 13.8. The summed E-state index contributed by atoms with van der Waals surface area (Å²) in [5.41, 5.74) is -0.0524. The summed E-state index contributed by atoms with van der Waals surface area (Å²) in [7, 11) is -3.34. The van der Waals surface area contributed by atoms with Crippen molar-refractivity contribution in [3.63, 3.8) is 0 Å². The molecule has 2 aromatic carbocycles. The Morgan fingerprint density at radius 1 is 0.867 bits per heavy atom. The van der Waals surface area contributed by atoms with Crippen LogP contribution in [0.15, 0.2) is 47.4 Å². The van der Waals surface area contributed by atoms with Gasteiger partial charge in [0.05, 0.1) is 12.8 Å². The van der Waals surface area contributed by atoms with Crippen LogP contribution in [-0.4, -0.2) is 41.1 Å². The molecule has 0 aromatic heterocycles. The Labute approximate surface area is 167 Å². The average molecular weight is 459 g/mol. The second kappa shape index (κ2) is 8.90. The van der Waals surface area contributed by atoms with Gasteiger partial charge >= 0.3 is 12.4 Å². The van der Waals surface area contributed by atoms with Crippen LogP contribution < -0.4 is 18.9 Å². The molecule has 0 aliphatic rings. The molecule has 0 aliphatic carbocycles. The monoisotopic (exact) mass is 459 g/mol. The number of para-hydroxylation sites is 2. The van der Waals surface area contributed by atoms with Crippen LogP contribution in [0.4, 0.5) is 32.0 Å². The molecule has 0 heterocycles. The molecule has 0 fully saturated rings. The highest BCUT2D eigenvalue weighted by atomic mass is 32.2. The molecule has 13 heteroatoms. The van der Waals surface area contributed by atoms with Crippen LogP contribution in [-0.2, 0) is 10.0 Å². The summed E-state index contributed by atoms with van der Waals surface area (Å²) < 4.78 is 116. The maximum absolute atomic E-state index is 12.8. The molecule has 0 atom stereocenters. The van der Waals surface area contributed by atoms with Crippen molar-refractivity contribution in [3.8, 4) is 17.2 Å². The van der Waals surface area contributed by atoms with Crippen LogP contribution in [0.25, 0.3) is 0 Å². The molecule has 0 bridgehead atoms. The number of anilines is 1. The quantitative estimate of drug-likeness (QED) is 0.594. The standard InChI is InChI=1S/C17H15F6NO5S/c1-27-13-5-3-2-4-12(13)24-30(25,26)15-8-11(28-9-16(18,19)20)6-7-14(15)29-10-17(21,22)23/h2-8,24H,9-10H2,1H3. The minimum absolute atomic E-state index is 0.0524. The van der Waals surface area contributed by atoms with E-state index >= 15 is 0 Å². The molecule has 1 N–H and O–H groups in total. The lowest BCUT2D eigenvalue weighted by molar-refractivity contribution is -0.154. The first-order valence-electron chi connectivity index (χ1n) is 8.00. The zero-order valence-corrected chi connectivity index (χ0v) is 16.0. The van der Waals surface area contributed by atoms with Crippen molar-refractivity contribution in [3.05, 3.63) is 42.5 Å². The van der Waals surface area contributed by atoms with E-state index in [0.717, 1.165) is 12.1 Å². The third-order valence-electron chi connectivity index (χ3n) is 3.35. The molecule has 0 amide bonds. The summed E-state index contributed by atoms with van der Waals surface area (Å²) in [5.74, 6) is -1.16. The zero-order chi connectivity index (χ0) is 22.6. The molecule has 2 aromatic rings. The molecule has 0 saturated heterocycles. The van der Waals surface area contributed by atoms with Gasteiger partial charge in [-0.1, -0.05) is 12.1 Å². The topological polar surface area (TPSA) is 73.9 Å². The smallest absolute Gasteiger partial charge is 0.422 e. The molecular weight excluding hydrogens is 444 g/mol. The van der Waals surface area contributed by atoms with Crippen LogP contribution in [0.2, 0.25) is 0 Å². The maximum atomic E-state index is 12.8. The number of alkyl halides is 6. The molecule has 0 unspecified atom stereocenters. The highest BCUT2D eigenvalue weighted by Gasteiger charge is 2.31. The highest BCUT2D eigenvalue weighted by molar-refractivity contribution is 7.92. The van der Waals surface area contributed by atoms with Crippen molar-refractivity contribution in [1.29, 1.82) is 0 Å². The lowest BCUT2D eigenvalue weighted by atomic mass is 10.3. The Morgan fingerprint density at radius 3 is 2.07 bits per heavy atom. The first kappa shape index (κ1) is 23.4. The number of methoxy groups -OCH3 is 1. The van der Waals surface area contributed by atoms with Gasteiger partial charge in [0, 0.05) is 6.07 Å². The van der Waals surface area contributed by atoms with Crippen molar-refractivity contribution in [2.45, 2.75) is 17.2 Å². The maximum Gasteiger partial charge on any atom is 0.422 e. The molecule has 6 nitrogen and oxygen atoms in total. The van der Waals surface area contributed by atoms with Gasteiger partial charge in [0.15, 0.2) is 13.2 Å². The van der Waals surface area contributed by atoms with E-state index in [1.807, 2.05) is 0 Å². The summed E-state index contributed by atoms with van der Waals surface area (Å²) >= 11 is 0. The van der Waals surface area contributed by atoms with Gasteiger partial charge in [0.1, 0.15) is 22.1 Å². The summed E-state index contributed by atoms with van der Waals surface area (Å²) in [4.78, 5) is -0.850. The molecule has 30 heavy (non-hydrogen) atoms. The summed E-state index contributed by atoms with van der Waals surface area (Å²) in [6, 6.07) is 8.01. The van der Waals surface area contributed by atoms with Gasteiger partial charge in [0.25, 0.3) is 10.0 Å². The minimum atomic E-state index is -4.78. The number of halogens is 6. The number of nitrogens with one attached hydrogen (secondary N) is 1. The van der Waals surface area contributed by atoms with E-state index in [2.05, 4.69) is 14.2 Å². The number of hydrogen-bond acceptors (Lipinski definition) is 5. The zero-order valence-electron chi connectivity index (χ0n) is 15.2. The third kappa shape index (κ3) is 6.90. The molecule has 0 radical (unpaired) electrons. The van der Waals surface area contributed by atoms with E-state index in [0.29, 0.717) is 6.07 Å². The van der Waals surface area contributed by atoms with E-state index < -0.39 is 52.0 Å². The van der Waals surface area contributed by atoms with E-state index in [1.54, 1.807) is 6.07 Å². The second-order valence-electron chi connectivity index (χ2n) is 5.72. The SMILES string of the molecule is COc1ccccc1NS(=O)(=O)c1cc(OCC(F)(F)F)ccc1OCC(F)(F)F. The fraction of sp³-hybridized carbons (Fsp3) is 0.294. The number of hydrogen-bond donors (Lipinski definition) is 1. The van der Waals surface area contributed by atoms with Crippen molar-refractivity contribution in [1.82, 2.24) is 0 Å². The first-order valence-corrected chi connectivity index (χ1v) is 9.48. The summed E-state index contributed by atoms with van der Waals surface area (Å²) in [5, 5.41) is 0. The molecule has 0 saturated carbocycles. The summed E-state index contributed by atoms with van der Waals surface area (Å²) in [6.07, 6.45) is -9.48. The van der Waals surface area contributed by atoms with Crippen LogP contribution >= 0.6 is 0 Å². The van der Waals surface area contributed by atoms with Crippen molar-refractivity contribution >= 4 is 15.7 Å². The molecular formula is C17H15F6NO5S. The van der Waals surface area contributed by atoms with Crippen molar-refractivity contribution in [2.24, 2.45) is 0 Å². The Hall–Kier alpha value is -2.83. The van der Waals surface area contributed by atoms with Crippen LogP contribution in [0.1, 0.15) is 0 Å². The number of rotatable bonds is 8. The molecule has 0 aliphatic heterocycles. The highest BCUT2D eigenvalue weighted by Crippen LogP contribution is 2.33. The molecule has 166 valence electrons. The summed E-state index contributed by atoms with van der Waals surface area (Å²) in [6.45, 7) is -3.54. The van der Waals surface area contributed by atoms with E-state index in [9.17, 15) is 34.8 Å². The van der Waals surface area contributed by atoms with E-state index in [-0.39, 0.29) is 11.4 Å². The van der Waals surface area contributed by atoms with Crippen molar-refractivity contribution in [2.75, 3.05) is 25.0 Å². The van der Waals surface area contributed by atoms with Crippen LogP contribution in [0.3, 0.4) is 0 Å². The number of sulfonamides is 1. The normalized spacial score (nSPS) is 12.4. The van der Waals surface area contributed by atoms with Gasteiger partial charge in [-0.3, -0.25) is 4.72 Å². The number of benzene rings is 2. The lowest BCUT2D eigenvalue weighted by Gasteiger charge is -2.17. The predicted molar refractivity (Wildman–Crippen MR) is 93.3 cm³/mol. The fourth-order valence-corrected chi connectivity index (χ4v) is 3.39. The van der Waals surface area contributed by atoms with Gasteiger partial charge in [-0.05, 0) is 24.3 Å². The van der Waals surface area contributed by atoms with Gasteiger partial charge in [-0.2, -0.15) is 26.3 Å². The van der Waals surface area contributed by atoms with Crippen LogP contribution in [0.5, 0.6) is 17.2 Å². The third-order valence-corrected chi connectivity index (χ3v) is 4.74. The fourth-order valence-electron chi connectivity index (χ4n) is 2.16. The van der Waals surface area contributed by atoms with E-state index in [1.165, 1.54) is 25.3 Å². The van der Waals surface area contributed by atoms with Crippen molar-refractivity contribution < 1.29 is 49.0 Å². The average Bonchev–Trinajstić information content (AvgIpc) is 2.64. The van der Waals surface area contributed by atoms with Crippen LogP contribution in [0, 0.1) is 0 Å². The van der Waals surface area contributed by atoms with Gasteiger partial charge in [0.2, 0.25) is 0 Å². The Morgan fingerprint density at radius 2 is 1.47 bits per heavy atom. The lowest BCUT2D eigenvalue weighted by Crippen LogP contribution is -2.22. The number of ether oxygens (including phenoxy) is 3. The Kier molecular flexibility index (Phi) is 6.95. The largest absolute Gasteiger partial charge is 0.495 e. The van der Waals surface area contributed by atoms with Gasteiger partial charge < -0.3 is 14.2 Å². The second-order valence-corrected chi connectivity index (χ2v) is 7.37. The Bertz CT molecular complexity index is 975.